The highest BCUT2D eigenvalue weighted by molar-refractivity contribution is 7.22. The van der Waals surface area contributed by atoms with E-state index in [4.69, 9.17) is 24.4 Å². The first-order valence-electron chi connectivity index (χ1n) is 15.1. The summed E-state index contributed by atoms with van der Waals surface area (Å²) in [4.78, 5) is 21.4. The van der Waals surface area contributed by atoms with E-state index in [1.165, 1.54) is 0 Å². The molecule has 11 nitrogen and oxygen atoms in total. The number of nitrogens with zero attached hydrogens (tertiary/aromatic N) is 5. The summed E-state index contributed by atoms with van der Waals surface area (Å²) in [6.07, 6.45) is 7.01. The predicted molar refractivity (Wildman–Crippen MR) is 170 cm³/mol. The van der Waals surface area contributed by atoms with E-state index >= 15 is 0 Å². The van der Waals surface area contributed by atoms with Crippen molar-refractivity contribution in [1.82, 2.24) is 30.2 Å². The zero-order chi connectivity index (χ0) is 29.4. The molecule has 1 aliphatic heterocycles. The molecule has 0 unspecified atom stereocenters. The molecule has 0 atom stereocenters. The lowest BCUT2D eigenvalue weighted by atomic mass is 9.93. The van der Waals surface area contributed by atoms with E-state index in [0.29, 0.717) is 18.4 Å². The average molecular weight is 605 g/mol. The van der Waals surface area contributed by atoms with Crippen molar-refractivity contribution in [3.8, 4) is 11.1 Å². The van der Waals surface area contributed by atoms with Gasteiger partial charge in [0.05, 0.1) is 41.8 Å². The van der Waals surface area contributed by atoms with Gasteiger partial charge in [0, 0.05) is 69.9 Å². The van der Waals surface area contributed by atoms with Crippen LogP contribution in [0, 0.1) is 0 Å². The molecule has 0 amide bonds. The summed E-state index contributed by atoms with van der Waals surface area (Å²) in [5.74, 6) is 1.33. The monoisotopic (exact) mass is 604 g/mol. The summed E-state index contributed by atoms with van der Waals surface area (Å²) in [5.41, 5.74) is 5.19. The Balaban J connectivity index is 1.19. The van der Waals surface area contributed by atoms with Gasteiger partial charge < -0.3 is 30.5 Å². The van der Waals surface area contributed by atoms with Crippen molar-refractivity contribution in [3.63, 3.8) is 0 Å². The van der Waals surface area contributed by atoms with E-state index in [9.17, 15) is 5.11 Å². The van der Waals surface area contributed by atoms with Gasteiger partial charge in [0.25, 0.3) is 0 Å². The Bertz CT molecular complexity index is 1490. The molecule has 0 bridgehead atoms. The van der Waals surface area contributed by atoms with Crippen LogP contribution in [-0.2, 0) is 22.6 Å². The molecular formula is C31H40N8O3S. The quantitative estimate of drug-likeness (QED) is 0.174. The van der Waals surface area contributed by atoms with Crippen molar-refractivity contribution in [3.05, 3.63) is 54.0 Å². The number of fused-ring (bicyclic) bond motifs is 1. The minimum Gasteiger partial charge on any atom is -0.393 e. The third kappa shape index (κ3) is 8.22. The van der Waals surface area contributed by atoms with Crippen LogP contribution < -0.4 is 16.0 Å². The van der Waals surface area contributed by atoms with Gasteiger partial charge in [0.2, 0.25) is 5.95 Å². The van der Waals surface area contributed by atoms with Gasteiger partial charge in [-0.15, -0.1) is 0 Å². The molecule has 2 fully saturated rings. The third-order valence-electron chi connectivity index (χ3n) is 7.86. The number of pyridine rings is 1. The number of rotatable bonds is 12. The summed E-state index contributed by atoms with van der Waals surface area (Å²) in [6.45, 7) is 6.21. The van der Waals surface area contributed by atoms with Crippen LogP contribution in [0.1, 0.15) is 36.9 Å². The van der Waals surface area contributed by atoms with Gasteiger partial charge in [-0.05, 0) is 55.0 Å². The fourth-order valence-corrected chi connectivity index (χ4v) is 6.43. The average Bonchev–Trinajstić information content (AvgIpc) is 3.42. The van der Waals surface area contributed by atoms with Gasteiger partial charge in [-0.25, -0.2) is 9.97 Å². The second kappa shape index (κ2) is 14.5. The molecule has 43 heavy (non-hydrogen) atoms. The largest absolute Gasteiger partial charge is 0.393 e. The Morgan fingerprint density at radius 1 is 1.02 bits per heavy atom. The molecule has 2 aliphatic rings. The first-order valence-corrected chi connectivity index (χ1v) is 15.9. The van der Waals surface area contributed by atoms with E-state index in [1.54, 1.807) is 18.4 Å². The molecule has 6 rings (SSSR count). The van der Waals surface area contributed by atoms with Crippen molar-refractivity contribution in [2.24, 2.45) is 0 Å². The van der Waals surface area contributed by atoms with Gasteiger partial charge in [0.15, 0.2) is 5.13 Å². The third-order valence-corrected chi connectivity index (χ3v) is 8.80. The number of hydrogen-bond donors (Lipinski definition) is 4. The maximum absolute atomic E-state index is 9.93. The smallest absolute Gasteiger partial charge is 0.225 e. The Labute approximate surface area is 256 Å². The Morgan fingerprint density at radius 3 is 2.72 bits per heavy atom. The standard InChI is InChI=1S/C31H40N8O3S/c1-41-11-8-32-17-21-14-23(19-33-18-21)22-2-7-27-28(15-22)43-31(36-27)38-29-16-25(20-39-9-12-42-13-10-39)35-30(37-29)34-24-3-5-26(40)6-4-24/h2,7,14-16,18-19,24,26,32,40H,3-6,8-13,17,20H2,1H3,(H2,34,35,36,37,38). The molecule has 3 aromatic heterocycles. The molecule has 1 saturated heterocycles. The first kappa shape index (κ1) is 29.8. The highest BCUT2D eigenvalue weighted by atomic mass is 32.1. The zero-order valence-electron chi connectivity index (χ0n) is 24.6. The Hall–Kier alpha value is -3.26. The minimum atomic E-state index is -0.202. The van der Waals surface area contributed by atoms with Crippen molar-refractivity contribution in [2.45, 2.75) is 50.9 Å². The van der Waals surface area contributed by atoms with Gasteiger partial charge in [0.1, 0.15) is 5.82 Å². The lowest BCUT2D eigenvalue weighted by Crippen LogP contribution is -2.36. The van der Waals surface area contributed by atoms with Gasteiger partial charge in [-0.2, -0.15) is 4.98 Å². The van der Waals surface area contributed by atoms with Crippen LogP contribution in [0.25, 0.3) is 21.3 Å². The lowest BCUT2D eigenvalue weighted by molar-refractivity contribution is 0.0336. The fraction of sp³-hybridized carbons (Fsp3) is 0.484. The summed E-state index contributed by atoms with van der Waals surface area (Å²) >= 11 is 1.60. The second-order valence-corrected chi connectivity index (χ2v) is 12.2. The number of morpholine rings is 1. The SMILES string of the molecule is COCCNCc1cncc(-c2ccc3nc(Nc4cc(CN5CCOCC5)nc(NC5CCC(O)CC5)n4)sc3c2)c1. The van der Waals surface area contributed by atoms with Crippen LogP contribution in [-0.4, -0.2) is 88.7 Å². The van der Waals surface area contributed by atoms with Crippen molar-refractivity contribution >= 4 is 38.5 Å². The molecule has 1 aromatic carbocycles. The highest BCUT2D eigenvalue weighted by Gasteiger charge is 2.21. The number of methoxy groups -OCH3 is 1. The van der Waals surface area contributed by atoms with E-state index < -0.39 is 0 Å². The summed E-state index contributed by atoms with van der Waals surface area (Å²) in [5, 5.41) is 21.1. The van der Waals surface area contributed by atoms with Crippen LogP contribution in [0.3, 0.4) is 0 Å². The summed E-state index contributed by atoms with van der Waals surface area (Å²) < 4.78 is 11.7. The van der Waals surface area contributed by atoms with Gasteiger partial charge >= 0.3 is 0 Å². The number of benzene rings is 1. The first-order chi connectivity index (χ1) is 21.1. The highest BCUT2D eigenvalue weighted by Crippen LogP contribution is 2.32. The summed E-state index contributed by atoms with van der Waals surface area (Å²) in [7, 11) is 1.71. The second-order valence-electron chi connectivity index (χ2n) is 11.2. The fourth-order valence-electron chi connectivity index (χ4n) is 5.51. The zero-order valence-corrected chi connectivity index (χ0v) is 25.4. The van der Waals surface area contributed by atoms with E-state index in [2.05, 4.69) is 50.1 Å². The van der Waals surface area contributed by atoms with Crippen LogP contribution >= 0.6 is 11.3 Å². The van der Waals surface area contributed by atoms with Crippen molar-refractivity contribution in [2.75, 3.05) is 57.2 Å². The van der Waals surface area contributed by atoms with Crippen molar-refractivity contribution < 1.29 is 14.6 Å². The predicted octanol–water partition coefficient (Wildman–Crippen LogP) is 4.18. The Morgan fingerprint density at radius 2 is 1.88 bits per heavy atom. The minimum absolute atomic E-state index is 0.202. The molecular weight excluding hydrogens is 564 g/mol. The molecule has 0 spiro atoms. The normalized spacial score (nSPS) is 19.5. The number of nitrogens with one attached hydrogen (secondary N) is 3. The molecule has 1 saturated carbocycles. The van der Waals surface area contributed by atoms with Crippen LogP contribution in [0.5, 0.6) is 0 Å². The van der Waals surface area contributed by atoms with Crippen molar-refractivity contribution in [1.29, 1.82) is 0 Å². The maximum Gasteiger partial charge on any atom is 0.225 e. The number of thiazole rings is 1. The number of anilines is 3. The lowest BCUT2D eigenvalue weighted by Gasteiger charge is -2.27. The molecule has 4 aromatic rings. The number of ether oxygens (including phenoxy) is 2. The number of hydrogen-bond acceptors (Lipinski definition) is 12. The molecule has 228 valence electrons. The number of aromatic nitrogens is 4. The van der Waals surface area contributed by atoms with E-state index in [-0.39, 0.29) is 12.1 Å². The van der Waals surface area contributed by atoms with Gasteiger partial charge in [-0.3, -0.25) is 9.88 Å². The molecule has 0 radical (unpaired) electrons. The topological polar surface area (TPSA) is 130 Å². The van der Waals surface area contributed by atoms with Crippen LogP contribution in [0.15, 0.2) is 42.7 Å². The molecule has 4 N–H and O–H groups in total. The van der Waals surface area contributed by atoms with Crippen LogP contribution in [0.4, 0.5) is 16.9 Å². The maximum atomic E-state index is 9.93. The Kier molecular flexibility index (Phi) is 10.0. The number of aliphatic hydroxyl groups excluding tert-OH is 1. The van der Waals surface area contributed by atoms with Crippen LogP contribution in [0.2, 0.25) is 0 Å². The summed E-state index contributed by atoms with van der Waals surface area (Å²) in [6, 6.07) is 10.8. The van der Waals surface area contributed by atoms with Gasteiger partial charge in [-0.1, -0.05) is 17.4 Å². The number of aliphatic hydroxyl groups is 1. The van der Waals surface area contributed by atoms with E-state index in [1.807, 2.05) is 18.5 Å². The molecule has 1 aliphatic carbocycles. The molecule has 12 heteroatoms. The molecule has 4 heterocycles. The van der Waals surface area contributed by atoms with E-state index in [0.717, 1.165) is 109 Å².